The molecule has 0 aromatic rings. The third-order valence-electron chi connectivity index (χ3n) is 5.73. The van der Waals surface area contributed by atoms with Crippen molar-refractivity contribution in [1.82, 2.24) is 0 Å². The van der Waals surface area contributed by atoms with E-state index in [-0.39, 0.29) is 16.6 Å². The lowest BCUT2D eigenvalue weighted by Crippen LogP contribution is -2.53. The van der Waals surface area contributed by atoms with E-state index in [0.717, 1.165) is 5.92 Å². The average molecular weight is 220 g/mol. The first kappa shape index (κ1) is 10.8. The van der Waals surface area contributed by atoms with Crippen LogP contribution in [-0.4, -0.2) is 11.2 Å². The van der Waals surface area contributed by atoms with E-state index in [1.54, 1.807) is 0 Å². The first-order valence-electron chi connectivity index (χ1n) is 6.78. The van der Waals surface area contributed by atoms with Gasteiger partial charge in [0.2, 0.25) is 0 Å². The molecule has 1 saturated heterocycles. The number of hydrogen-bond acceptors (Lipinski definition) is 1. The predicted octanol–water partition coefficient (Wildman–Crippen LogP) is 3.94. The Morgan fingerprint density at radius 1 is 1.25 bits per heavy atom. The molecule has 1 saturated carbocycles. The van der Waals surface area contributed by atoms with Gasteiger partial charge in [-0.3, -0.25) is 0 Å². The van der Waals surface area contributed by atoms with Gasteiger partial charge in [0.05, 0.1) is 11.2 Å². The molecule has 4 atom stereocenters. The maximum Gasteiger partial charge on any atom is 0.0809 e. The highest BCUT2D eigenvalue weighted by Crippen LogP contribution is 2.63. The second-order valence-electron chi connectivity index (χ2n) is 6.99. The monoisotopic (exact) mass is 220 g/mol. The molecule has 2 fully saturated rings. The van der Waals surface area contributed by atoms with Gasteiger partial charge in [-0.05, 0) is 51.4 Å². The SMILES string of the molecule is C[C@@H]1CC=C[C@@]2(C)CC[C@@H]3C[C@]12OC3(C)C. The Balaban J connectivity index is 2.09. The molecule has 90 valence electrons. The second kappa shape index (κ2) is 2.93. The van der Waals surface area contributed by atoms with E-state index in [2.05, 4.69) is 39.8 Å². The molecule has 1 heteroatoms. The predicted molar refractivity (Wildman–Crippen MR) is 66.3 cm³/mol. The molecule has 0 aromatic carbocycles. The Labute approximate surface area is 99.3 Å². The number of allylic oxidation sites excluding steroid dienone is 1. The summed E-state index contributed by atoms with van der Waals surface area (Å²) in [5, 5.41) is 0. The smallest absolute Gasteiger partial charge is 0.0809 e. The highest BCUT2D eigenvalue weighted by molar-refractivity contribution is 5.22. The van der Waals surface area contributed by atoms with Crippen molar-refractivity contribution in [2.45, 2.75) is 64.6 Å². The van der Waals surface area contributed by atoms with Crippen LogP contribution in [0.5, 0.6) is 0 Å². The van der Waals surface area contributed by atoms with Crippen molar-refractivity contribution < 1.29 is 4.74 Å². The number of ether oxygens (including phenoxy) is 1. The van der Waals surface area contributed by atoms with Crippen LogP contribution in [0.1, 0.15) is 53.4 Å². The minimum atomic E-state index is 0.0944. The van der Waals surface area contributed by atoms with Gasteiger partial charge in [-0.25, -0.2) is 0 Å². The van der Waals surface area contributed by atoms with Crippen molar-refractivity contribution in [3.05, 3.63) is 12.2 Å². The lowest BCUT2D eigenvalue weighted by molar-refractivity contribution is -0.164. The van der Waals surface area contributed by atoms with Crippen molar-refractivity contribution in [3.63, 3.8) is 0 Å². The molecule has 0 aromatic heterocycles. The van der Waals surface area contributed by atoms with Gasteiger partial charge in [0.1, 0.15) is 0 Å². The van der Waals surface area contributed by atoms with Gasteiger partial charge in [-0.2, -0.15) is 0 Å². The molecule has 3 aliphatic rings. The standard InChI is InChI=1S/C15H24O/c1-11-6-5-8-14(4)9-7-12-10-15(11,14)16-13(12,2)3/h5,8,11-12H,6-7,9-10H2,1-4H3/t11-,12-,14+,15+/m1/s1. The highest BCUT2D eigenvalue weighted by atomic mass is 16.5. The molecule has 1 heterocycles. The number of fused-ring (bicyclic) bond motifs is 1. The summed E-state index contributed by atoms with van der Waals surface area (Å²) in [6.07, 6.45) is 9.94. The molecule has 0 N–H and O–H groups in total. The molecule has 1 nitrogen and oxygen atoms in total. The van der Waals surface area contributed by atoms with Crippen LogP contribution in [0.3, 0.4) is 0 Å². The average Bonchev–Trinajstić information content (AvgIpc) is 2.42. The minimum absolute atomic E-state index is 0.0944. The summed E-state index contributed by atoms with van der Waals surface area (Å²) in [6, 6.07) is 0. The fourth-order valence-electron chi connectivity index (χ4n) is 4.50. The fourth-order valence-corrected chi connectivity index (χ4v) is 4.50. The summed E-state index contributed by atoms with van der Waals surface area (Å²) in [7, 11) is 0. The maximum atomic E-state index is 6.63. The van der Waals surface area contributed by atoms with Crippen LogP contribution >= 0.6 is 0 Å². The molecule has 0 unspecified atom stereocenters. The molecule has 1 spiro atoms. The summed E-state index contributed by atoms with van der Waals surface area (Å²) in [4.78, 5) is 0. The van der Waals surface area contributed by atoms with Gasteiger partial charge >= 0.3 is 0 Å². The zero-order valence-electron chi connectivity index (χ0n) is 11.0. The summed E-state index contributed by atoms with van der Waals surface area (Å²) in [6.45, 7) is 9.38. The molecule has 0 amide bonds. The van der Waals surface area contributed by atoms with Crippen LogP contribution in [-0.2, 0) is 4.74 Å². The van der Waals surface area contributed by atoms with Crippen LogP contribution < -0.4 is 0 Å². The molecule has 2 bridgehead atoms. The van der Waals surface area contributed by atoms with Crippen molar-refractivity contribution in [1.29, 1.82) is 0 Å². The minimum Gasteiger partial charge on any atom is -0.368 e. The van der Waals surface area contributed by atoms with Crippen molar-refractivity contribution >= 4 is 0 Å². The third-order valence-corrected chi connectivity index (χ3v) is 5.73. The Bertz CT molecular complexity index is 343. The Hall–Kier alpha value is -0.300. The van der Waals surface area contributed by atoms with E-state index >= 15 is 0 Å². The highest BCUT2D eigenvalue weighted by Gasteiger charge is 2.64. The molecule has 16 heavy (non-hydrogen) atoms. The second-order valence-corrected chi connectivity index (χ2v) is 6.99. The van der Waals surface area contributed by atoms with Crippen molar-refractivity contribution in [2.24, 2.45) is 17.3 Å². The van der Waals surface area contributed by atoms with Crippen molar-refractivity contribution in [3.8, 4) is 0 Å². The van der Waals surface area contributed by atoms with Gasteiger partial charge < -0.3 is 4.74 Å². The van der Waals surface area contributed by atoms with E-state index in [9.17, 15) is 0 Å². The Morgan fingerprint density at radius 3 is 2.75 bits per heavy atom. The molecule has 3 rings (SSSR count). The zero-order valence-corrected chi connectivity index (χ0v) is 11.0. The fraction of sp³-hybridized carbons (Fsp3) is 0.867. The number of rotatable bonds is 0. The summed E-state index contributed by atoms with van der Waals surface area (Å²) in [5.41, 5.74) is 0.514. The molecule has 1 aliphatic heterocycles. The van der Waals surface area contributed by atoms with Crippen LogP contribution in [0, 0.1) is 17.3 Å². The molecular weight excluding hydrogens is 196 g/mol. The van der Waals surface area contributed by atoms with E-state index in [1.165, 1.54) is 25.7 Å². The Morgan fingerprint density at radius 2 is 2.00 bits per heavy atom. The Kier molecular flexibility index (Phi) is 1.98. The van der Waals surface area contributed by atoms with Crippen LogP contribution in [0.15, 0.2) is 12.2 Å². The summed E-state index contributed by atoms with van der Waals surface area (Å²) < 4.78 is 6.63. The lowest BCUT2D eigenvalue weighted by atomic mass is 9.55. The number of hydrogen-bond donors (Lipinski definition) is 0. The van der Waals surface area contributed by atoms with Gasteiger partial charge in [0.15, 0.2) is 0 Å². The zero-order chi connectivity index (χ0) is 11.6. The molecule has 2 aliphatic carbocycles. The molecular formula is C15H24O. The summed E-state index contributed by atoms with van der Waals surface area (Å²) in [5.74, 6) is 1.45. The van der Waals surface area contributed by atoms with Crippen molar-refractivity contribution in [2.75, 3.05) is 0 Å². The first-order chi connectivity index (χ1) is 7.40. The topological polar surface area (TPSA) is 9.23 Å². The normalized spacial score (nSPS) is 53.8. The van der Waals surface area contributed by atoms with Gasteiger partial charge in [-0.1, -0.05) is 26.0 Å². The van der Waals surface area contributed by atoms with E-state index in [0.29, 0.717) is 5.92 Å². The van der Waals surface area contributed by atoms with Gasteiger partial charge in [0.25, 0.3) is 0 Å². The third kappa shape index (κ3) is 1.11. The van der Waals surface area contributed by atoms with Crippen LogP contribution in [0.25, 0.3) is 0 Å². The maximum absolute atomic E-state index is 6.63. The van der Waals surface area contributed by atoms with Gasteiger partial charge in [0, 0.05) is 5.41 Å². The first-order valence-corrected chi connectivity index (χ1v) is 6.78. The summed E-state index contributed by atoms with van der Waals surface area (Å²) >= 11 is 0. The quantitative estimate of drug-likeness (QED) is 0.562. The van der Waals surface area contributed by atoms with E-state index < -0.39 is 0 Å². The molecule has 0 radical (unpaired) electrons. The van der Waals surface area contributed by atoms with Gasteiger partial charge in [-0.15, -0.1) is 0 Å². The van der Waals surface area contributed by atoms with E-state index in [1.807, 2.05) is 0 Å². The lowest BCUT2D eigenvalue weighted by Gasteiger charge is -2.52. The van der Waals surface area contributed by atoms with Crippen LogP contribution in [0.4, 0.5) is 0 Å². The van der Waals surface area contributed by atoms with E-state index in [4.69, 9.17) is 4.74 Å². The van der Waals surface area contributed by atoms with Crippen LogP contribution in [0.2, 0.25) is 0 Å². The largest absolute Gasteiger partial charge is 0.368 e.